The fourth-order valence-electron chi connectivity index (χ4n) is 2.01. The van der Waals surface area contributed by atoms with Gasteiger partial charge in [-0.1, -0.05) is 44.9 Å². The molecule has 0 aliphatic rings. The summed E-state index contributed by atoms with van der Waals surface area (Å²) in [6.45, 7) is 9.20. The number of benzene rings is 1. The number of unbranched alkanes of at least 4 members (excludes halogenated alkanes) is 2. The highest BCUT2D eigenvalue weighted by Gasteiger charge is 2.03. The molecular weight excluding hydrogens is 220 g/mol. The molecule has 0 saturated carbocycles. The standard InChI is InChI=1S/C16H28N2/c1-3-5-13-18(14-6-4-2)15-12-17-16-10-8-7-9-11-16/h7-11,17H,3-6,12-15H2,1-2H3. The minimum atomic E-state index is 1.04. The molecule has 2 heteroatoms. The van der Waals surface area contributed by atoms with Crippen LogP contribution in [0.25, 0.3) is 0 Å². The van der Waals surface area contributed by atoms with Gasteiger partial charge in [-0.05, 0) is 38.1 Å². The number of hydrogen-bond acceptors (Lipinski definition) is 2. The van der Waals surface area contributed by atoms with Crippen LogP contribution in [0.5, 0.6) is 0 Å². The lowest BCUT2D eigenvalue weighted by Crippen LogP contribution is -2.31. The average Bonchev–Trinajstić information content (AvgIpc) is 2.42. The van der Waals surface area contributed by atoms with Gasteiger partial charge in [0.15, 0.2) is 0 Å². The normalized spacial score (nSPS) is 10.8. The molecule has 0 unspecified atom stereocenters. The molecule has 0 spiro atoms. The highest BCUT2D eigenvalue weighted by atomic mass is 15.1. The van der Waals surface area contributed by atoms with E-state index in [-0.39, 0.29) is 0 Å². The van der Waals surface area contributed by atoms with Crippen molar-refractivity contribution in [2.24, 2.45) is 0 Å². The molecule has 0 radical (unpaired) electrons. The van der Waals surface area contributed by atoms with Crippen molar-refractivity contribution in [1.29, 1.82) is 0 Å². The lowest BCUT2D eigenvalue weighted by Gasteiger charge is -2.22. The van der Waals surface area contributed by atoms with E-state index in [9.17, 15) is 0 Å². The van der Waals surface area contributed by atoms with Gasteiger partial charge in [0.1, 0.15) is 0 Å². The summed E-state index contributed by atoms with van der Waals surface area (Å²) in [5.41, 5.74) is 1.23. The van der Waals surface area contributed by atoms with E-state index in [4.69, 9.17) is 0 Å². The van der Waals surface area contributed by atoms with Crippen LogP contribution in [0.4, 0.5) is 5.69 Å². The van der Waals surface area contributed by atoms with E-state index in [1.807, 2.05) is 0 Å². The Hall–Kier alpha value is -1.02. The van der Waals surface area contributed by atoms with Crippen molar-refractivity contribution in [2.45, 2.75) is 39.5 Å². The lowest BCUT2D eigenvalue weighted by molar-refractivity contribution is 0.275. The van der Waals surface area contributed by atoms with Crippen molar-refractivity contribution >= 4 is 5.69 Å². The topological polar surface area (TPSA) is 15.3 Å². The molecule has 102 valence electrons. The van der Waals surface area contributed by atoms with E-state index in [0.29, 0.717) is 0 Å². The number of nitrogens with one attached hydrogen (secondary N) is 1. The first kappa shape index (κ1) is 15.0. The van der Waals surface area contributed by atoms with Crippen LogP contribution >= 0.6 is 0 Å². The van der Waals surface area contributed by atoms with Crippen LogP contribution in [-0.2, 0) is 0 Å². The number of hydrogen-bond donors (Lipinski definition) is 1. The van der Waals surface area contributed by atoms with Gasteiger partial charge in [-0.3, -0.25) is 0 Å². The van der Waals surface area contributed by atoms with Gasteiger partial charge in [-0.2, -0.15) is 0 Å². The molecule has 1 N–H and O–H groups in total. The summed E-state index contributed by atoms with van der Waals surface area (Å²) >= 11 is 0. The Morgan fingerprint density at radius 1 is 0.889 bits per heavy atom. The van der Waals surface area contributed by atoms with Crippen molar-refractivity contribution in [3.63, 3.8) is 0 Å². The maximum Gasteiger partial charge on any atom is 0.0340 e. The minimum Gasteiger partial charge on any atom is -0.384 e. The van der Waals surface area contributed by atoms with E-state index in [0.717, 1.165) is 13.1 Å². The zero-order chi connectivity index (χ0) is 13.1. The summed E-state index contributed by atoms with van der Waals surface area (Å²) in [5, 5.41) is 3.49. The molecule has 18 heavy (non-hydrogen) atoms. The van der Waals surface area contributed by atoms with Gasteiger partial charge in [0.05, 0.1) is 0 Å². The fourth-order valence-corrected chi connectivity index (χ4v) is 2.01. The van der Waals surface area contributed by atoms with Gasteiger partial charge in [-0.25, -0.2) is 0 Å². The molecule has 0 fully saturated rings. The zero-order valence-electron chi connectivity index (χ0n) is 12.0. The second kappa shape index (κ2) is 9.95. The monoisotopic (exact) mass is 248 g/mol. The molecule has 0 aromatic heterocycles. The Balaban J connectivity index is 2.23. The number of para-hydroxylation sites is 1. The van der Waals surface area contributed by atoms with E-state index in [1.165, 1.54) is 44.5 Å². The number of anilines is 1. The SMILES string of the molecule is CCCCN(CCCC)CCNc1ccccc1. The van der Waals surface area contributed by atoms with E-state index in [1.54, 1.807) is 0 Å². The quantitative estimate of drug-likeness (QED) is 0.673. The summed E-state index contributed by atoms with van der Waals surface area (Å²) in [4.78, 5) is 2.59. The van der Waals surface area contributed by atoms with Crippen LogP contribution < -0.4 is 5.32 Å². The summed E-state index contributed by atoms with van der Waals surface area (Å²) < 4.78 is 0. The third-order valence-corrected chi connectivity index (χ3v) is 3.19. The Bertz CT molecular complexity index is 276. The first-order chi connectivity index (χ1) is 8.86. The molecule has 0 atom stereocenters. The molecule has 1 aromatic carbocycles. The Morgan fingerprint density at radius 2 is 1.50 bits per heavy atom. The van der Waals surface area contributed by atoms with Crippen LogP contribution in [-0.4, -0.2) is 31.1 Å². The second-order valence-electron chi connectivity index (χ2n) is 4.84. The van der Waals surface area contributed by atoms with E-state index in [2.05, 4.69) is 54.4 Å². The van der Waals surface area contributed by atoms with Crippen molar-refractivity contribution < 1.29 is 0 Å². The van der Waals surface area contributed by atoms with Gasteiger partial charge >= 0.3 is 0 Å². The maximum atomic E-state index is 3.49. The molecule has 1 rings (SSSR count). The molecule has 0 heterocycles. The third kappa shape index (κ3) is 6.65. The molecular formula is C16H28N2. The predicted octanol–water partition coefficient (Wildman–Crippen LogP) is 4.00. The van der Waals surface area contributed by atoms with Crippen molar-refractivity contribution in [1.82, 2.24) is 4.90 Å². The van der Waals surface area contributed by atoms with Gasteiger partial charge in [-0.15, -0.1) is 0 Å². The van der Waals surface area contributed by atoms with Crippen LogP contribution in [0.15, 0.2) is 30.3 Å². The van der Waals surface area contributed by atoms with Gasteiger partial charge in [0.2, 0.25) is 0 Å². The Labute approximate surface area is 112 Å². The van der Waals surface area contributed by atoms with Crippen molar-refractivity contribution in [3.8, 4) is 0 Å². The summed E-state index contributed by atoms with van der Waals surface area (Å²) in [6.07, 6.45) is 5.20. The highest BCUT2D eigenvalue weighted by Crippen LogP contribution is 2.05. The van der Waals surface area contributed by atoms with Gasteiger partial charge in [0.25, 0.3) is 0 Å². The number of nitrogens with zero attached hydrogens (tertiary/aromatic N) is 1. The zero-order valence-corrected chi connectivity index (χ0v) is 12.0. The van der Waals surface area contributed by atoms with Crippen molar-refractivity contribution in [2.75, 3.05) is 31.5 Å². The van der Waals surface area contributed by atoms with Crippen LogP contribution in [0.2, 0.25) is 0 Å². The molecule has 0 aliphatic carbocycles. The van der Waals surface area contributed by atoms with Crippen LogP contribution in [0, 0.1) is 0 Å². The summed E-state index contributed by atoms with van der Waals surface area (Å²) in [7, 11) is 0. The molecule has 0 bridgehead atoms. The first-order valence-corrected chi connectivity index (χ1v) is 7.38. The second-order valence-corrected chi connectivity index (χ2v) is 4.84. The first-order valence-electron chi connectivity index (χ1n) is 7.38. The summed E-state index contributed by atoms with van der Waals surface area (Å²) in [5.74, 6) is 0. The molecule has 2 nitrogen and oxygen atoms in total. The Morgan fingerprint density at radius 3 is 2.06 bits per heavy atom. The smallest absolute Gasteiger partial charge is 0.0340 e. The fraction of sp³-hybridized carbons (Fsp3) is 0.625. The third-order valence-electron chi connectivity index (χ3n) is 3.19. The highest BCUT2D eigenvalue weighted by molar-refractivity contribution is 5.42. The van der Waals surface area contributed by atoms with Crippen LogP contribution in [0.3, 0.4) is 0 Å². The minimum absolute atomic E-state index is 1.04. The average molecular weight is 248 g/mol. The van der Waals surface area contributed by atoms with Gasteiger partial charge < -0.3 is 10.2 Å². The lowest BCUT2D eigenvalue weighted by atomic mass is 10.2. The van der Waals surface area contributed by atoms with Crippen molar-refractivity contribution in [3.05, 3.63) is 30.3 Å². The van der Waals surface area contributed by atoms with E-state index < -0.39 is 0 Å². The maximum absolute atomic E-state index is 3.49. The Kier molecular flexibility index (Phi) is 8.32. The predicted molar refractivity (Wildman–Crippen MR) is 81.2 cm³/mol. The number of rotatable bonds is 10. The summed E-state index contributed by atoms with van der Waals surface area (Å²) in [6, 6.07) is 10.5. The molecule has 0 aliphatic heterocycles. The molecule has 0 amide bonds. The van der Waals surface area contributed by atoms with Gasteiger partial charge in [0, 0.05) is 18.8 Å². The van der Waals surface area contributed by atoms with E-state index >= 15 is 0 Å². The largest absolute Gasteiger partial charge is 0.384 e. The van der Waals surface area contributed by atoms with Crippen LogP contribution in [0.1, 0.15) is 39.5 Å². The molecule has 1 aromatic rings. The molecule has 0 saturated heterocycles.